The molecule has 0 saturated carbocycles. The van der Waals surface area contributed by atoms with Crippen molar-refractivity contribution in [3.05, 3.63) is 58.4 Å². The molecule has 0 radical (unpaired) electrons. The molecule has 2 heteroatoms. The van der Waals surface area contributed by atoms with Crippen molar-refractivity contribution < 1.29 is 0 Å². The summed E-state index contributed by atoms with van der Waals surface area (Å²) in [6, 6.07) is 6.84. The zero-order valence-electron chi connectivity index (χ0n) is 15.5. The van der Waals surface area contributed by atoms with Gasteiger partial charge in [-0.2, -0.15) is 0 Å². The SMILES string of the molecule is C=C1NC(C)=NC(C)=C1C(CC(C)CC)c1ccc(C)c(C)c1. The van der Waals surface area contributed by atoms with E-state index in [9.17, 15) is 0 Å². The average molecular weight is 310 g/mol. The molecular weight excluding hydrogens is 280 g/mol. The van der Waals surface area contributed by atoms with E-state index in [1.165, 1.54) is 28.7 Å². The number of allylic oxidation sites excluding steroid dienone is 2. The van der Waals surface area contributed by atoms with Crippen LogP contribution in [0.3, 0.4) is 0 Å². The van der Waals surface area contributed by atoms with Gasteiger partial charge in [-0.25, -0.2) is 4.99 Å². The molecule has 0 bridgehead atoms. The standard InChI is InChI=1S/C21H30N2/c1-8-13(2)11-20(19-10-9-14(3)15(4)12-19)21-16(5)22-18(7)23-17(21)6/h9-10,12-13,20H,5,8,11H2,1-4,6-7H3,(H,22,23). The number of aryl methyl sites for hydroxylation is 2. The molecule has 0 amide bonds. The molecule has 0 spiro atoms. The Bertz CT molecular complexity index is 664. The fraction of sp³-hybridized carbons (Fsp3) is 0.476. The summed E-state index contributed by atoms with van der Waals surface area (Å²) in [5.41, 5.74) is 7.43. The summed E-state index contributed by atoms with van der Waals surface area (Å²) >= 11 is 0. The van der Waals surface area contributed by atoms with Gasteiger partial charge in [0.1, 0.15) is 5.84 Å². The van der Waals surface area contributed by atoms with Gasteiger partial charge in [0.15, 0.2) is 0 Å². The van der Waals surface area contributed by atoms with E-state index in [4.69, 9.17) is 0 Å². The van der Waals surface area contributed by atoms with Crippen molar-refractivity contribution in [3.8, 4) is 0 Å². The van der Waals surface area contributed by atoms with Crippen molar-refractivity contribution in [1.29, 1.82) is 0 Å². The molecular formula is C21H30N2. The van der Waals surface area contributed by atoms with Gasteiger partial charge in [0, 0.05) is 22.9 Å². The zero-order chi connectivity index (χ0) is 17.1. The maximum Gasteiger partial charge on any atom is 0.103 e. The Hall–Kier alpha value is -1.83. The van der Waals surface area contributed by atoms with Crippen molar-refractivity contribution >= 4 is 5.84 Å². The largest absolute Gasteiger partial charge is 0.344 e. The third-order valence-electron chi connectivity index (χ3n) is 5.00. The number of aliphatic imine (C=N–C) groups is 1. The van der Waals surface area contributed by atoms with Crippen LogP contribution in [-0.4, -0.2) is 5.84 Å². The van der Waals surface area contributed by atoms with Crippen LogP contribution in [0.2, 0.25) is 0 Å². The van der Waals surface area contributed by atoms with Crippen molar-refractivity contribution in [2.45, 2.75) is 60.3 Å². The van der Waals surface area contributed by atoms with Crippen LogP contribution in [0.5, 0.6) is 0 Å². The summed E-state index contributed by atoms with van der Waals surface area (Å²) in [5.74, 6) is 1.95. The van der Waals surface area contributed by atoms with Crippen molar-refractivity contribution in [2.24, 2.45) is 10.9 Å². The van der Waals surface area contributed by atoms with Crippen LogP contribution >= 0.6 is 0 Å². The van der Waals surface area contributed by atoms with Crippen molar-refractivity contribution in [3.63, 3.8) is 0 Å². The quantitative estimate of drug-likeness (QED) is 0.748. The van der Waals surface area contributed by atoms with Gasteiger partial charge in [0.05, 0.1) is 0 Å². The number of hydrogen-bond acceptors (Lipinski definition) is 2. The smallest absolute Gasteiger partial charge is 0.103 e. The lowest BCUT2D eigenvalue weighted by molar-refractivity contribution is 0.479. The van der Waals surface area contributed by atoms with Crippen LogP contribution in [0.4, 0.5) is 0 Å². The Morgan fingerprint density at radius 2 is 1.83 bits per heavy atom. The number of nitrogens with zero attached hydrogens (tertiary/aromatic N) is 1. The van der Waals surface area contributed by atoms with Gasteiger partial charge in [0.25, 0.3) is 0 Å². The molecule has 0 aromatic heterocycles. The maximum atomic E-state index is 4.66. The first-order chi connectivity index (χ1) is 10.8. The highest BCUT2D eigenvalue weighted by Crippen LogP contribution is 2.38. The van der Waals surface area contributed by atoms with Gasteiger partial charge in [0.2, 0.25) is 0 Å². The van der Waals surface area contributed by atoms with Gasteiger partial charge in [-0.15, -0.1) is 0 Å². The fourth-order valence-corrected chi connectivity index (χ4v) is 3.28. The maximum absolute atomic E-state index is 4.66. The van der Waals surface area contributed by atoms with Gasteiger partial charge in [-0.05, 0) is 56.7 Å². The van der Waals surface area contributed by atoms with Gasteiger partial charge >= 0.3 is 0 Å². The second-order valence-electron chi connectivity index (χ2n) is 6.95. The molecule has 124 valence electrons. The topological polar surface area (TPSA) is 24.4 Å². The lowest BCUT2D eigenvalue weighted by Crippen LogP contribution is -2.27. The second kappa shape index (κ2) is 7.16. The van der Waals surface area contributed by atoms with Gasteiger partial charge in [-0.3, -0.25) is 0 Å². The Morgan fingerprint density at radius 3 is 2.39 bits per heavy atom. The molecule has 2 rings (SSSR count). The van der Waals surface area contributed by atoms with Crippen LogP contribution in [0, 0.1) is 19.8 Å². The molecule has 0 aliphatic carbocycles. The zero-order valence-corrected chi connectivity index (χ0v) is 15.5. The number of nitrogens with one attached hydrogen (secondary N) is 1. The van der Waals surface area contributed by atoms with Crippen molar-refractivity contribution in [2.75, 3.05) is 0 Å². The second-order valence-corrected chi connectivity index (χ2v) is 6.95. The van der Waals surface area contributed by atoms with Crippen molar-refractivity contribution in [1.82, 2.24) is 5.32 Å². The van der Waals surface area contributed by atoms with Gasteiger partial charge in [-0.1, -0.05) is 45.0 Å². The van der Waals surface area contributed by atoms with E-state index in [-0.39, 0.29) is 0 Å². The molecule has 1 aliphatic rings. The van der Waals surface area contributed by atoms with Crippen LogP contribution in [0.25, 0.3) is 0 Å². The molecule has 1 aromatic rings. The summed E-state index contributed by atoms with van der Waals surface area (Å²) in [6.45, 7) is 17.3. The minimum atomic E-state index is 0.348. The predicted octanol–water partition coefficient (Wildman–Crippen LogP) is 5.63. The molecule has 2 unspecified atom stereocenters. The first-order valence-electron chi connectivity index (χ1n) is 8.63. The molecule has 1 aromatic carbocycles. The molecule has 2 atom stereocenters. The Labute approximate surface area is 141 Å². The average Bonchev–Trinajstić information content (AvgIpc) is 2.47. The Morgan fingerprint density at radius 1 is 1.13 bits per heavy atom. The summed E-state index contributed by atoms with van der Waals surface area (Å²) in [4.78, 5) is 4.66. The summed E-state index contributed by atoms with van der Waals surface area (Å²) in [5, 5.41) is 3.32. The number of amidine groups is 1. The molecule has 1 N–H and O–H groups in total. The van der Waals surface area contributed by atoms with E-state index >= 15 is 0 Å². The van der Waals surface area contributed by atoms with Crippen LogP contribution < -0.4 is 5.32 Å². The van der Waals surface area contributed by atoms with E-state index < -0.39 is 0 Å². The predicted molar refractivity (Wildman–Crippen MR) is 101 cm³/mol. The number of hydrogen-bond donors (Lipinski definition) is 1. The highest BCUT2D eigenvalue weighted by molar-refractivity contribution is 5.85. The van der Waals surface area contributed by atoms with E-state index in [0.29, 0.717) is 11.8 Å². The van der Waals surface area contributed by atoms with Gasteiger partial charge < -0.3 is 5.32 Å². The minimum Gasteiger partial charge on any atom is -0.344 e. The third kappa shape index (κ3) is 3.93. The van der Waals surface area contributed by atoms with E-state index in [0.717, 1.165) is 23.7 Å². The highest BCUT2D eigenvalue weighted by atomic mass is 15.0. The van der Waals surface area contributed by atoms with Crippen LogP contribution in [0.15, 0.2) is 46.7 Å². The first kappa shape index (κ1) is 17.5. The molecule has 2 nitrogen and oxygen atoms in total. The van der Waals surface area contributed by atoms with Crippen LogP contribution in [-0.2, 0) is 0 Å². The van der Waals surface area contributed by atoms with Crippen LogP contribution in [0.1, 0.15) is 63.1 Å². The summed E-state index contributed by atoms with van der Waals surface area (Å²) in [7, 11) is 0. The minimum absolute atomic E-state index is 0.348. The molecule has 23 heavy (non-hydrogen) atoms. The lowest BCUT2D eigenvalue weighted by Gasteiger charge is -2.29. The van der Waals surface area contributed by atoms with E-state index in [2.05, 4.69) is 69.7 Å². The number of benzene rings is 1. The Kier molecular flexibility index (Phi) is 5.46. The monoisotopic (exact) mass is 310 g/mol. The molecule has 0 saturated heterocycles. The third-order valence-corrected chi connectivity index (χ3v) is 5.00. The first-order valence-corrected chi connectivity index (χ1v) is 8.63. The molecule has 0 fully saturated rings. The lowest BCUT2D eigenvalue weighted by atomic mass is 9.80. The van der Waals surface area contributed by atoms with E-state index in [1.54, 1.807) is 0 Å². The molecule has 1 heterocycles. The highest BCUT2D eigenvalue weighted by Gasteiger charge is 2.25. The van der Waals surface area contributed by atoms with E-state index in [1.807, 2.05) is 6.92 Å². The normalized spacial score (nSPS) is 17.7. The Balaban J connectivity index is 2.52. The fourth-order valence-electron chi connectivity index (χ4n) is 3.28. The summed E-state index contributed by atoms with van der Waals surface area (Å²) in [6.07, 6.45) is 2.32. The number of rotatable bonds is 5. The summed E-state index contributed by atoms with van der Waals surface area (Å²) < 4.78 is 0. The molecule has 1 aliphatic heterocycles.